The van der Waals surface area contributed by atoms with E-state index < -0.39 is 0 Å². The van der Waals surface area contributed by atoms with Crippen molar-refractivity contribution in [3.8, 4) is 5.75 Å². The van der Waals surface area contributed by atoms with Gasteiger partial charge in [-0.15, -0.1) is 0 Å². The fourth-order valence-electron chi connectivity index (χ4n) is 0.797. The zero-order valence-electron chi connectivity index (χ0n) is 7.08. The van der Waals surface area contributed by atoms with Gasteiger partial charge in [0.15, 0.2) is 0 Å². The predicted octanol–water partition coefficient (Wildman–Crippen LogP) is 1.16. The van der Waals surface area contributed by atoms with E-state index in [-0.39, 0.29) is 0 Å². The Hall–Kier alpha value is -1.29. The Kier molecular flexibility index (Phi) is 3.35. The second-order valence-electron chi connectivity index (χ2n) is 2.40. The van der Waals surface area contributed by atoms with Crippen molar-refractivity contribution in [2.24, 2.45) is 5.84 Å². The van der Waals surface area contributed by atoms with Crippen LogP contribution in [0.3, 0.4) is 0 Å². The van der Waals surface area contributed by atoms with E-state index in [1.165, 1.54) is 0 Å². The van der Waals surface area contributed by atoms with Gasteiger partial charge in [-0.2, -0.15) is 0 Å². The van der Waals surface area contributed by atoms with Crippen LogP contribution in [0.5, 0.6) is 5.75 Å². The van der Waals surface area contributed by atoms with Gasteiger partial charge in [0.2, 0.25) is 0 Å². The van der Waals surface area contributed by atoms with Gasteiger partial charge in [0.25, 0.3) is 0 Å². The molecule has 1 aromatic heterocycles. The Labute approximate surface area is 71.7 Å². The normalized spacial score (nSPS) is 9.50. The first-order chi connectivity index (χ1) is 5.86. The predicted molar refractivity (Wildman–Crippen MR) is 47.8 cm³/mol. The van der Waals surface area contributed by atoms with Crippen molar-refractivity contribution in [1.29, 1.82) is 0 Å². The zero-order chi connectivity index (χ0) is 8.81. The molecule has 1 heterocycles. The summed E-state index contributed by atoms with van der Waals surface area (Å²) in [5, 5.41) is 0. The van der Waals surface area contributed by atoms with E-state index >= 15 is 0 Å². The van der Waals surface area contributed by atoms with Crippen molar-refractivity contribution in [3.05, 3.63) is 18.5 Å². The number of pyridine rings is 1. The number of aromatic nitrogens is 1. The summed E-state index contributed by atoms with van der Waals surface area (Å²) in [4.78, 5) is 3.94. The third-order valence-corrected chi connectivity index (χ3v) is 1.35. The van der Waals surface area contributed by atoms with Crippen molar-refractivity contribution < 1.29 is 4.74 Å². The molecule has 0 amide bonds. The number of hydrazine groups is 1. The summed E-state index contributed by atoms with van der Waals surface area (Å²) in [5.41, 5.74) is 3.25. The maximum Gasteiger partial charge on any atom is 0.139 e. The van der Waals surface area contributed by atoms with Crippen LogP contribution in [0.15, 0.2) is 18.5 Å². The van der Waals surface area contributed by atoms with Gasteiger partial charge >= 0.3 is 0 Å². The van der Waals surface area contributed by atoms with Gasteiger partial charge in [0, 0.05) is 6.07 Å². The first-order valence-corrected chi connectivity index (χ1v) is 3.91. The van der Waals surface area contributed by atoms with Crippen molar-refractivity contribution in [1.82, 2.24) is 4.98 Å². The molecule has 0 saturated carbocycles. The largest absolute Gasteiger partial charge is 0.492 e. The summed E-state index contributed by atoms with van der Waals surface area (Å²) < 4.78 is 5.34. The Bertz CT molecular complexity index is 239. The Balaban J connectivity index is 2.60. The first-order valence-electron chi connectivity index (χ1n) is 3.91. The van der Waals surface area contributed by atoms with Gasteiger partial charge in [-0.25, -0.2) is 0 Å². The quantitative estimate of drug-likeness (QED) is 0.521. The minimum atomic E-state index is 0.704. The third-order valence-electron chi connectivity index (χ3n) is 1.35. The molecule has 0 bridgehead atoms. The summed E-state index contributed by atoms with van der Waals surface area (Å²) >= 11 is 0. The Morgan fingerprint density at radius 3 is 3.08 bits per heavy atom. The van der Waals surface area contributed by atoms with Crippen LogP contribution in [-0.4, -0.2) is 11.6 Å². The maximum absolute atomic E-state index is 5.34. The molecule has 0 aliphatic heterocycles. The SMILES string of the molecule is CCCOc1cncc(NN)c1. The number of hydrogen-bond acceptors (Lipinski definition) is 4. The second kappa shape index (κ2) is 4.56. The molecule has 4 heteroatoms. The van der Waals surface area contributed by atoms with Crippen molar-refractivity contribution in [3.63, 3.8) is 0 Å². The van der Waals surface area contributed by atoms with Crippen molar-refractivity contribution in [2.45, 2.75) is 13.3 Å². The first kappa shape index (κ1) is 8.80. The third kappa shape index (κ3) is 2.39. The van der Waals surface area contributed by atoms with Crippen LogP contribution in [-0.2, 0) is 0 Å². The molecule has 66 valence electrons. The summed E-state index contributed by atoms with van der Waals surface area (Å²) in [7, 11) is 0. The van der Waals surface area contributed by atoms with E-state index in [4.69, 9.17) is 10.6 Å². The van der Waals surface area contributed by atoms with Crippen LogP contribution in [0.4, 0.5) is 5.69 Å². The number of nitrogens with one attached hydrogen (secondary N) is 1. The molecule has 0 unspecified atom stereocenters. The van der Waals surface area contributed by atoms with Crippen LogP contribution in [0, 0.1) is 0 Å². The van der Waals surface area contributed by atoms with E-state index in [0.717, 1.165) is 17.9 Å². The molecule has 1 aromatic rings. The van der Waals surface area contributed by atoms with Gasteiger partial charge in [0.1, 0.15) is 5.75 Å². The van der Waals surface area contributed by atoms with Crippen LogP contribution in [0.25, 0.3) is 0 Å². The lowest BCUT2D eigenvalue weighted by Gasteiger charge is -2.05. The number of rotatable bonds is 4. The van der Waals surface area contributed by atoms with Gasteiger partial charge < -0.3 is 10.2 Å². The molecular formula is C8H13N3O. The Morgan fingerprint density at radius 2 is 2.42 bits per heavy atom. The van der Waals surface area contributed by atoms with Crippen molar-refractivity contribution in [2.75, 3.05) is 12.0 Å². The monoisotopic (exact) mass is 167 g/mol. The molecule has 0 radical (unpaired) electrons. The molecule has 1 rings (SSSR count). The number of hydrogen-bond donors (Lipinski definition) is 2. The van der Waals surface area contributed by atoms with Gasteiger partial charge in [0.05, 0.1) is 24.7 Å². The maximum atomic E-state index is 5.34. The smallest absolute Gasteiger partial charge is 0.139 e. The number of ether oxygens (including phenoxy) is 1. The summed E-state index contributed by atoms with van der Waals surface area (Å²) in [6.45, 7) is 2.76. The molecule has 4 nitrogen and oxygen atoms in total. The van der Waals surface area contributed by atoms with E-state index in [1.807, 2.05) is 6.07 Å². The van der Waals surface area contributed by atoms with E-state index in [2.05, 4.69) is 17.3 Å². The number of nitrogens with zero attached hydrogens (tertiary/aromatic N) is 1. The average molecular weight is 167 g/mol. The van der Waals surface area contributed by atoms with Gasteiger partial charge in [-0.05, 0) is 6.42 Å². The molecule has 0 spiro atoms. The molecular weight excluding hydrogens is 154 g/mol. The fourth-order valence-corrected chi connectivity index (χ4v) is 0.797. The highest BCUT2D eigenvalue weighted by Crippen LogP contribution is 2.13. The second-order valence-corrected chi connectivity index (χ2v) is 2.40. The molecule has 0 aliphatic carbocycles. The molecule has 0 saturated heterocycles. The van der Waals surface area contributed by atoms with Crippen LogP contribution < -0.4 is 16.0 Å². The highest BCUT2D eigenvalue weighted by atomic mass is 16.5. The summed E-state index contributed by atoms with van der Waals surface area (Å²) in [6.07, 6.45) is 4.29. The topological polar surface area (TPSA) is 60.2 Å². The molecule has 12 heavy (non-hydrogen) atoms. The highest BCUT2D eigenvalue weighted by Gasteiger charge is 1.94. The van der Waals surface area contributed by atoms with E-state index in [0.29, 0.717) is 6.61 Å². The average Bonchev–Trinajstić information content (AvgIpc) is 2.15. The lowest BCUT2D eigenvalue weighted by molar-refractivity contribution is 0.316. The minimum absolute atomic E-state index is 0.704. The van der Waals surface area contributed by atoms with Crippen LogP contribution >= 0.6 is 0 Å². The lowest BCUT2D eigenvalue weighted by Crippen LogP contribution is -2.07. The van der Waals surface area contributed by atoms with Crippen LogP contribution in [0.1, 0.15) is 13.3 Å². The zero-order valence-corrected chi connectivity index (χ0v) is 7.08. The van der Waals surface area contributed by atoms with Gasteiger partial charge in [-0.3, -0.25) is 10.8 Å². The van der Waals surface area contributed by atoms with E-state index in [1.54, 1.807) is 12.4 Å². The number of nitrogen functional groups attached to an aromatic ring is 1. The number of anilines is 1. The molecule has 3 N–H and O–H groups in total. The van der Waals surface area contributed by atoms with Crippen LogP contribution in [0.2, 0.25) is 0 Å². The van der Waals surface area contributed by atoms with Crippen molar-refractivity contribution >= 4 is 5.69 Å². The summed E-state index contributed by atoms with van der Waals surface area (Å²) in [5.74, 6) is 5.94. The fraction of sp³-hybridized carbons (Fsp3) is 0.375. The minimum Gasteiger partial charge on any atom is -0.492 e. The highest BCUT2D eigenvalue weighted by molar-refractivity contribution is 5.43. The molecule has 0 aliphatic rings. The molecule has 0 fully saturated rings. The van der Waals surface area contributed by atoms with Gasteiger partial charge in [-0.1, -0.05) is 6.92 Å². The standard InChI is InChI=1S/C8H13N3O/c1-2-3-12-8-4-7(11-9)5-10-6-8/h4-6,11H,2-3,9H2,1H3. The lowest BCUT2D eigenvalue weighted by atomic mass is 10.4. The molecule has 0 aromatic carbocycles. The molecule has 0 atom stereocenters. The Morgan fingerprint density at radius 1 is 1.58 bits per heavy atom. The van der Waals surface area contributed by atoms with E-state index in [9.17, 15) is 0 Å². The summed E-state index contributed by atoms with van der Waals surface area (Å²) in [6, 6.07) is 1.81. The number of nitrogens with two attached hydrogens (primary N) is 1.